The molecule has 0 heterocycles. The number of allylic oxidation sites excluding steroid dienone is 1. The lowest BCUT2D eigenvalue weighted by Crippen LogP contribution is -2.49. The molecule has 1 fully saturated rings. The summed E-state index contributed by atoms with van der Waals surface area (Å²) in [6.45, 7) is 10.3. The molecule has 0 radical (unpaired) electrons. The van der Waals surface area contributed by atoms with Gasteiger partial charge in [-0.05, 0) is 31.1 Å². The highest BCUT2D eigenvalue weighted by atomic mass is 16.5. The van der Waals surface area contributed by atoms with Crippen LogP contribution in [0.25, 0.3) is 0 Å². The van der Waals surface area contributed by atoms with Crippen LogP contribution in [0.2, 0.25) is 0 Å². The molecule has 1 saturated carbocycles. The third-order valence-corrected chi connectivity index (χ3v) is 3.99. The highest BCUT2D eigenvalue weighted by Gasteiger charge is 2.48. The zero-order chi connectivity index (χ0) is 13.2. The van der Waals surface area contributed by atoms with Gasteiger partial charge in [0.25, 0.3) is 0 Å². The second-order valence-electron chi connectivity index (χ2n) is 5.69. The van der Waals surface area contributed by atoms with Gasteiger partial charge in [-0.25, -0.2) is 0 Å². The van der Waals surface area contributed by atoms with Gasteiger partial charge in [0.1, 0.15) is 0 Å². The summed E-state index contributed by atoms with van der Waals surface area (Å²) in [4.78, 5) is 12.0. The fourth-order valence-corrected chi connectivity index (χ4v) is 2.99. The second kappa shape index (κ2) is 5.21. The Bertz CT molecular complexity index is 307. The number of esters is 1. The van der Waals surface area contributed by atoms with Crippen molar-refractivity contribution in [3.63, 3.8) is 0 Å². The normalized spacial score (nSPS) is 31.9. The average molecular weight is 240 g/mol. The first kappa shape index (κ1) is 14.2. The van der Waals surface area contributed by atoms with Crippen molar-refractivity contribution in [2.45, 2.75) is 39.7 Å². The Kier molecular flexibility index (Phi) is 4.36. The van der Waals surface area contributed by atoms with E-state index in [0.29, 0.717) is 0 Å². The van der Waals surface area contributed by atoms with Gasteiger partial charge >= 0.3 is 5.97 Å². The van der Waals surface area contributed by atoms with Crippen LogP contribution in [0.3, 0.4) is 0 Å². The average Bonchev–Trinajstić information content (AvgIpc) is 2.25. The lowest BCUT2D eigenvalue weighted by molar-refractivity contribution is -0.163. The summed E-state index contributed by atoms with van der Waals surface area (Å²) < 4.78 is 10.5. The minimum atomic E-state index is -0.230. The van der Waals surface area contributed by atoms with E-state index in [4.69, 9.17) is 9.47 Å². The van der Waals surface area contributed by atoms with Crippen molar-refractivity contribution in [3.05, 3.63) is 12.2 Å². The van der Waals surface area contributed by atoms with Crippen LogP contribution in [0, 0.1) is 17.3 Å². The number of hydrogen-bond acceptors (Lipinski definition) is 3. The molecule has 0 bridgehead atoms. The molecular weight excluding hydrogens is 216 g/mol. The van der Waals surface area contributed by atoms with Gasteiger partial charge in [0.2, 0.25) is 0 Å². The Hall–Kier alpha value is -0.830. The largest absolute Gasteiger partial charge is 0.469 e. The quantitative estimate of drug-likeness (QED) is 0.562. The van der Waals surface area contributed by atoms with Crippen molar-refractivity contribution in [2.24, 2.45) is 17.3 Å². The minimum absolute atomic E-state index is 0.000440. The summed E-state index contributed by atoms with van der Waals surface area (Å²) in [5.74, 6) is -0.246. The van der Waals surface area contributed by atoms with Crippen molar-refractivity contribution in [1.29, 1.82) is 0 Å². The molecule has 0 aliphatic heterocycles. The molecule has 3 heteroatoms. The molecule has 1 aliphatic carbocycles. The van der Waals surface area contributed by atoms with E-state index in [0.717, 1.165) is 18.4 Å². The van der Waals surface area contributed by atoms with Gasteiger partial charge < -0.3 is 9.47 Å². The number of ether oxygens (including phenoxy) is 2. The zero-order valence-electron chi connectivity index (χ0n) is 11.6. The molecule has 0 N–H and O–H groups in total. The first-order valence-electron chi connectivity index (χ1n) is 6.11. The Balaban J connectivity index is 3.07. The maximum absolute atomic E-state index is 12.0. The highest BCUT2D eigenvalue weighted by molar-refractivity contribution is 5.74. The molecular formula is C14H24O3. The van der Waals surface area contributed by atoms with E-state index in [9.17, 15) is 4.79 Å². The maximum atomic E-state index is 12.0. The molecule has 1 aliphatic rings. The Morgan fingerprint density at radius 2 is 1.94 bits per heavy atom. The molecule has 98 valence electrons. The summed E-state index contributed by atoms with van der Waals surface area (Å²) in [6, 6.07) is 0. The van der Waals surface area contributed by atoms with E-state index >= 15 is 0 Å². The molecule has 0 amide bonds. The van der Waals surface area contributed by atoms with E-state index in [2.05, 4.69) is 20.4 Å². The van der Waals surface area contributed by atoms with Crippen LogP contribution in [-0.4, -0.2) is 26.3 Å². The van der Waals surface area contributed by atoms with Crippen LogP contribution in [-0.2, 0) is 14.3 Å². The Morgan fingerprint density at radius 1 is 1.35 bits per heavy atom. The summed E-state index contributed by atoms with van der Waals surface area (Å²) >= 11 is 0. The van der Waals surface area contributed by atoms with E-state index in [-0.39, 0.29) is 29.3 Å². The molecule has 0 unspecified atom stereocenters. The van der Waals surface area contributed by atoms with E-state index in [1.807, 2.05) is 6.92 Å². The predicted octanol–water partition coefficient (Wildman–Crippen LogP) is 2.80. The number of hydrogen-bond donors (Lipinski definition) is 0. The standard InChI is InChI=1S/C14H24O3/c1-9(2)10-7-8-14(3,4)12(16-5)11(10)13(15)17-6/h10-12H,1,7-8H2,2-6H3/t10-,11-,12+/m0/s1. The van der Waals surface area contributed by atoms with Crippen LogP contribution in [0.15, 0.2) is 12.2 Å². The van der Waals surface area contributed by atoms with Gasteiger partial charge in [-0.15, -0.1) is 0 Å². The third kappa shape index (κ3) is 2.71. The monoisotopic (exact) mass is 240 g/mol. The molecule has 3 atom stereocenters. The molecule has 3 nitrogen and oxygen atoms in total. The predicted molar refractivity (Wildman–Crippen MR) is 67.6 cm³/mol. The SMILES string of the molecule is C=C(C)[C@@H]1CCC(C)(C)[C@H](OC)[C@H]1C(=O)OC. The Morgan fingerprint density at radius 3 is 2.35 bits per heavy atom. The van der Waals surface area contributed by atoms with Crippen LogP contribution < -0.4 is 0 Å². The van der Waals surface area contributed by atoms with Crippen LogP contribution in [0.5, 0.6) is 0 Å². The molecule has 0 aromatic heterocycles. The maximum Gasteiger partial charge on any atom is 0.311 e. The highest BCUT2D eigenvalue weighted by Crippen LogP contribution is 2.46. The molecule has 0 saturated heterocycles. The molecule has 0 aromatic carbocycles. The molecule has 17 heavy (non-hydrogen) atoms. The number of methoxy groups -OCH3 is 2. The van der Waals surface area contributed by atoms with Crippen LogP contribution in [0.4, 0.5) is 0 Å². The van der Waals surface area contributed by atoms with E-state index in [1.54, 1.807) is 7.11 Å². The van der Waals surface area contributed by atoms with Crippen LogP contribution >= 0.6 is 0 Å². The second-order valence-corrected chi connectivity index (χ2v) is 5.69. The molecule has 0 aromatic rings. The summed E-state index contributed by atoms with van der Waals surface area (Å²) in [5.41, 5.74) is 1.04. The zero-order valence-corrected chi connectivity index (χ0v) is 11.6. The topological polar surface area (TPSA) is 35.5 Å². The number of carbonyl (C=O) groups excluding carboxylic acids is 1. The van der Waals surface area contributed by atoms with Crippen LogP contribution in [0.1, 0.15) is 33.6 Å². The van der Waals surface area contributed by atoms with E-state index in [1.165, 1.54) is 7.11 Å². The molecule has 1 rings (SSSR count). The van der Waals surface area contributed by atoms with Gasteiger partial charge in [0.15, 0.2) is 0 Å². The smallest absolute Gasteiger partial charge is 0.311 e. The van der Waals surface area contributed by atoms with Crippen molar-refractivity contribution in [2.75, 3.05) is 14.2 Å². The molecule has 0 spiro atoms. The van der Waals surface area contributed by atoms with Crippen molar-refractivity contribution in [3.8, 4) is 0 Å². The van der Waals surface area contributed by atoms with Crippen molar-refractivity contribution in [1.82, 2.24) is 0 Å². The lowest BCUT2D eigenvalue weighted by Gasteiger charge is -2.46. The van der Waals surface area contributed by atoms with Gasteiger partial charge in [0.05, 0.1) is 19.1 Å². The first-order valence-corrected chi connectivity index (χ1v) is 6.11. The summed E-state index contributed by atoms with van der Waals surface area (Å²) in [7, 11) is 3.11. The Labute approximate surface area is 104 Å². The summed E-state index contributed by atoms with van der Waals surface area (Å²) in [5, 5.41) is 0. The van der Waals surface area contributed by atoms with Crippen molar-refractivity contribution < 1.29 is 14.3 Å². The van der Waals surface area contributed by atoms with Gasteiger partial charge in [-0.3, -0.25) is 4.79 Å². The van der Waals surface area contributed by atoms with Crippen molar-refractivity contribution >= 4 is 5.97 Å². The first-order chi connectivity index (χ1) is 7.85. The lowest BCUT2D eigenvalue weighted by atomic mass is 9.63. The summed E-state index contributed by atoms with van der Waals surface area (Å²) in [6.07, 6.45) is 1.91. The number of rotatable bonds is 3. The van der Waals surface area contributed by atoms with Gasteiger partial charge in [-0.1, -0.05) is 26.0 Å². The fourth-order valence-electron chi connectivity index (χ4n) is 2.99. The third-order valence-electron chi connectivity index (χ3n) is 3.99. The van der Waals surface area contributed by atoms with Gasteiger partial charge in [-0.2, -0.15) is 0 Å². The number of carbonyl (C=O) groups is 1. The fraction of sp³-hybridized carbons (Fsp3) is 0.786. The minimum Gasteiger partial charge on any atom is -0.469 e. The van der Waals surface area contributed by atoms with Gasteiger partial charge in [0, 0.05) is 7.11 Å². The van der Waals surface area contributed by atoms with E-state index < -0.39 is 0 Å².